The van der Waals surface area contributed by atoms with Gasteiger partial charge in [-0.2, -0.15) is 13.2 Å². The Bertz CT molecular complexity index is 1630. The predicted octanol–water partition coefficient (Wildman–Crippen LogP) is 7.22. The van der Waals surface area contributed by atoms with Crippen LogP contribution in [-0.4, -0.2) is 20.9 Å². The lowest BCUT2D eigenvalue weighted by atomic mass is 10.2. The molecule has 1 amide bonds. The van der Waals surface area contributed by atoms with Crippen LogP contribution < -0.4 is 14.4 Å². The van der Waals surface area contributed by atoms with Gasteiger partial charge in [-0.3, -0.25) is 9.10 Å². The highest BCUT2D eigenvalue weighted by Gasteiger charge is 2.34. The molecule has 4 aromatic carbocycles. The van der Waals surface area contributed by atoms with Crippen LogP contribution in [0.3, 0.4) is 0 Å². The number of sulfonamides is 1. The minimum absolute atomic E-state index is 0.00751. The summed E-state index contributed by atoms with van der Waals surface area (Å²) in [5.41, 5.74) is 0.163. The predicted molar refractivity (Wildman–Crippen MR) is 148 cm³/mol. The van der Waals surface area contributed by atoms with Gasteiger partial charge in [-0.05, 0) is 79.2 Å². The van der Waals surface area contributed by atoms with Crippen LogP contribution in [0.15, 0.2) is 95.9 Å². The largest absolute Gasteiger partial charge is 0.484 e. The Balaban J connectivity index is 1.50. The maximum atomic E-state index is 13.6. The third kappa shape index (κ3) is 7.56. The van der Waals surface area contributed by atoms with E-state index in [-0.39, 0.29) is 22.9 Å². The molecule has 12 heteroatoms. The number of rotatable bonds is 9. The first-order chi connectivity index (χ1) is 19.3. The summed E-state index contributed by atoms with van der Waals surface area (Å²) in [5.74, 6) is -2.03. The molecule has 0 atom stereocenters. The lowest BCUT2D eigenvalue weighted by Gasteiger charge is -2.25. The van der Waals surface area contributed by atoms with E-state index in [4.69, 9.17) is 16.3 Å². The third-order valence-electron chi connectivity index (χ3n) is 5.90. The molecule has 0 bridgehead atoms. The molecule has 0 spiro atoms. The van der Waals surface area contributed by atoms with Crippen molar-refractivity contribution in [2.24, 2.45) is 0 Å². The van der Waals surface area contributed by atoms with E-state index in [1.807, 2.05) is 6.92 Å². The average Bonchev–Trinajstić information content (AvgIpc) is 2.92. The first-order valence-corrected chi connectivity index (χ1v) is 13.9. The number of hydrogen-bond acceptors (Lipinski definition) is 4. The number of alkyl halides is 3. The minimum atomic E-state index is -4.92. The van der Waals surface area contributed by atoms with Crippen LogP contribution in [0.1, 0.15) is 16.7 Å². The van der Waals surface area contributed by atoms with Gasteiger partial charge in [-0.15, -0.1) is 0 Å². The maximum Gasteiger partial charge on any atom is 0.419 e. The quantitative estimate of drug-likeness (QED) is 0.204. The summed E-state index contributed by atoms with van der Waals surface area (Å²) in [6.45, 7) is 1.29. The first-order valence-electron chi connectivity index (χ1n) is 12.1. The molecular formula is C29H23ClF4N2O4S. The molecule has 0 radical (unpaired) electrons. The molecule has 4 aromatic rings. The number of benzene rings is 4. The van der Waals surface area contributed by atoms with Crippen molar-refractivity contribution in [1.82, 2.24) is 0 Å². The van der Waals surface area contributed by atoms with Crippen molar-refractivity contribution in [3.05, 3.63) is 119 Å². The van der Waals surface area contributed by atoms with Crippen molar-refractivity contribution in [2.45, 2.75) is 24.5 Å². The first kappa shape index (κ1) is 29.9. The SMILES string of the molecule is Cc1ccc(S(=O)(=O)N(Cc2ccc(Cl)cc2)c2ccc(OCC(=O)Nc3ccc(F)c(C(F)(F)F)c3)cc2)cc1. The average molecular weight is 607 g/mol. The van der Waals surface area contributed by atoms with Crippen LogP contribution >= 0.6 is 11.6 Å². The summed E-state index contributed by atoms with van der Waals surface area (Å²) >= 11 is 5.98. The molecule has 6 nitrogen and oxygen atoms in total. The third-order valence-corrected chi connectivity index (χ3v) is 7.94. The van der Waals surface area contributed by atoms with Gasteiger partial charge in [0.15, 0.2) is 6.61 Å². The van der Waals surface area contributed by atoms with E-state index in [1.165, 1.54) is 40.7 Å². The standard InChI is InChI=1S/C29H23ClF4N2O4S/c1-19-2-13-25(14-3-19)41(38,39)36(17-20-4-6-21(30)7-5-20)23-9-11-24(12-10-23)40-18-28(37)35-22-8-15-27(31)26(16-22)29(32,33)34/h2-16H,17-18H2,1H3,(H,35,37). The Hall–Kier alpha value is -4.09. The molecular weight excluding hydrogens is 584 g/mol. The fourth-order valence-electron chi connectivity index (χ4n) is 3.78. The summed E-state index contributed by atoms with van der Waals surface area (Å²) in [4.78, 5) is 12.3. The second kappa shape index (κ2) is 12.2. The van der Waals surface area contributed by atoms with Crippen LogP contribution in [0.5, 0.6) is 5.75 Å². The zero-order valence-corrected chi connectivity index (χ0v) is 23.0. The Morgan fingerprint density at radius 2 is 1.56 bits per heavy atom. The lowest BCUT2D eigenvalue weighted by Crippen LogP contribution is -2.30. The van der Waals surface area contributed by atoms with E-state index >= 15 is 0 Å². The number of carbonyl (C=O) groups is 1. The Labute approximate surface area is 239 Å². The van der Waals surface area contributed by atoms with Crippen molar-refractivity contribution in [3.63, 3.8) is 0 Å². The van der Waals surface area contributed by atoms with Crippen molar-refractivity contribution in [2.75, 3.05) is 16.2 Å². The Morgan fingerprint density at radius 3 is 2.17 bits per heavy atom. The molecule has 4 rings (SSSR count). The highest BCUT2D eigenvalue weighted by Crippen LogP contribution is 2.33. The van der Waals surface area contributed by atoms with Crippen LogP contribution in [0.25, 0.3) is 0 Å². The fourth-order valence-corrected chi connectivity index (χ4v) is 5.36. The zero-order chi connectivity index (χ0) is 29.8. The van der Waals surface area contributed by atoms with Crippen molar-refractivity contribution < 1.29 is 35.5 Å². The van der Waals surface area contributed by atoms with E-state index in [2.05, 4.69) is 5.32 Å². The van der Waals surface area contributed by atoms with Crippen LogP contribution in [-0.2, 0) is 27.5 Å². The Kier molecular flexibility index (Phi) is 8.89. The van der Waals surface area contributed by atoms with Gasteiger partial charge in [0.05, 0.1) is 22.7 Å². The molecule has 1 N–H and O–H groups in total. The molecule has 0 aliphatic carbocycles. The molecule has 0 aromatic heterocycles. The summed E-state index contributed by atoms with van der Waals surface area (Å²) in [6.07, 6.45) is -4.92. The maximum absolute atomic E-state index is 13.6. The van der Waals surface area contributed by atoms with Gasteiger partial charge in [-0.1, -0.05) is 41.4 Å². The number of aryl methyl sites for hydroxylation is 1. The van der Waals surface area contributed by atoms with Gasteiger partial charge in [-0.25, -0.2) is 12.8 Å². The second-order valence-corrected chi connectivity index (χ2v) is 11.3. The molecule has 0 aliphatic rings. The highest BCUT2D eigenvalue weighted by atomic mass is 35.5. The van der Waals surface area contributed by atoms with E-state index in [1.54, 1.807) is 36.4 Å². The molecule has 41 heavy (non-hydrogen) atoms. The van der Waals surface area contributed by atoms with Gasteiger partial charge in [0, 0.05) is 10.7 Å². The molecule has 0 unspecified atom stereocenters. The number of amides is 1. The van der Waals surface area contributed by atoms with Crippen LogP contribution in [0.4, 0.5) is 28.9 Å². The number of nitrogens with one attached hydrogen (secondary N) is 1. The number of ether oxygens (including phenoxy) is 1. The van der Waals surface area contributed by atoms with E-state index < -0.39 is 40.1 Å². The molecule has 214 valence electrons. The summed E-state index contributed by atoms with van der Waals surface area (Å²) < 4.78 is 86.1. The summed E-state index contributed by atoms with van der Waals surface area (Å²) in [7, 11) is -3.98. The number of carbonyl (C=O) groups excluding carboxylic acids is 1. The monoisotopic (exact) mass is 606 g/mol. The second-order valence-electron chi connectivity index (χ2n) is 8.97. The molecule has 0 saturated carbocycles. The van der Waals surface area contributed by atoms with Crippen molar-refractivity contribution in [3.8, 4) is 5.75 Å². The van der Waals surface area contributed by atoms with Gasteiger partial charge in [0.2, 0.25) is 0 Å². The van der Waals surface area contributed by atoms with Gasteiger partial charge in [0.25, 0.3) is 15.9 Å². The zero-order valence-electron chi connectivity index (χ0n) is 21.5. The topological polar surface area (TPSA) is 75.7 Å². The molecule has 0 aliphatic heterocycles. The molecule has 0 heterocycles. The van der Waals surface area contributed by atoms with E-state index in [0.717, 1.165) is 11.6 Å². The summed E-state index contributed by atoms with van der Waals surface area (Å²) in [6, 6.07) is 21.2. The summed E-state index contributed by atoms with van der Waals surface area (Å²) in [5, 5.41) is 2.73. The molecule has 0 saturated heterocycles. The van der Waals surface area contributed by atoms with Crippen LogP contribution in [0, 0.1) is 12.7 Å². The normalized spacial score (nSPS) is 11.7. The number of nitrogens with zero attached hydrogens (tertiary/aromatic N) is 1. The lowest BCUT2D eigenvalue weighted by molar-refractivity contribution is -0.140. The van der Waals surface area contributed by atoms with Crippen molar-refractivity contribution >= 4 is 38.9 Å². The van der Waals surface area contributed by atoms with Gasteiger partial charge in [0.1, 0.15) is 11.6 Å². The minimum Gasteiger partial charge on any atom is -0.484 e. The number of anilines is 2. The van der Waals surface area contributed by atoms with E-state index in [9.17, 15) is 30.8 Å². The van der Waals surface area contributed by atoms with Crippen LogP contribution in [0.2, 0.25) is 5.02 Å². The Morgan fingerprint density at radius 1 is 0.927 bits per heavy atom. The number of hydrogen-bond donors (Lipinski definition) is 1. The van der Waals surface area contributed by atoms with Gasteiger partial charge < -0.3 is 10.1 Å². The van der Waals surface area contributed by atoms with E-state index in [0.29, 0.717) is 28.4 Å². The smallest absolute Gasteiger partial charge is 0.419 e. The van der Waals surface area contributed by atoms with Crippen molar-refractivity contribution in [1.29, 1.82) is 0 Å². The fraction of sp³-hybridized carbons (Fsp3) is 0.138. The number of halogens is 5. The molecule has 0 fully saturated rings. The van der Waals surface area contributed by atoms with Gasteiger partial charge >= 0.3 is 6.18 Å². The highest BCUT2D eigenvalue weighted by molar-refractivity contribution is 7.92.